The van der Waals surface area contributed by atoms with Crippen LogP contribution in [0.2, 0.25) is 0 Å². The van der Waals surface area contributed by atoms with Gasteiger partial charge in [0, 0.05) is 32.6 Å². The Labute approximate surface area is 145 Å². The second kappa shape index (κ2) is 8.19. The number of amides is 1. The van der Waals surface area contributed by atoms with Crippen molar-refractivity contribution in [1.29, 1.82) is 5.26 Å². The highest BCUT2D eigenvalue weighted by atomic mass is 16.2. The summed E-state index contributed by atoms with van der Waals surface area (Å²) in [7, 11) is 0. The number of carbonyl (C=O) groups excluding carboxylic acids is 1. The van der Waals surface area contributed by atoms with E-state index in [0.717, 1.165) is 49.8 Å². The molecule has 1 aliphatic carbocycles. The smallest absolute Gasteiger partial charge is 0.222 e. The average molecular weight is 325 g/mol. The SMILES string of the molecule is N#Cc1ccccc1N1CCN(C(=O)CCC2CCCCC2)CC1. The molecular formula is C20H27N3O. The minimum absolute atomic E-state index is 0.314. The van der Waals surface area contributed by atoms with E-state index in [4.69, 9.17) is 0 Å². The number of hydrogen-bond donors (Lipinski definition) is 0. The van der Waals surface area contributed by atoms with Gasteiger partial charge in [-0.1, -0.05) is 44.2 Å². The molecule has 1 aromatic carbocycles. The zero-order valence-electron chi connectivity index (χ0n) is 14.4. The lowest BCUT2D eigenvalue weighted by Gasteiger charge is -2.36. The van der Waals surface area contributed by atoms with Crippen LogP contribution >= 0.6 is 0 Å². The quantitative estimate of drug-likeness (QED) is 0.850. The molecule has 1 aromatic rings. The Morgan fingerprint density at radius 1 is 1.08 bits per heavy atom. The van der Waals surface area contributed by atoms with Gasteiger partial charge in [0.2, 0.25) is 5.91 Å². The summed E-state index contributed by atoms with van der Waals surface area (Å²) < 4.78 is 0. The number of benzene rings is 1. The molecule has 4 heteroatoms. The summed E-state index contributed by atoms with van der Waals surface area (Å²) in [5, 5.41) is 9.24. The predicted octanol–water partition coefficient (Wildman–Crippen LogP) is 3.57. The summed E-state index contributed by atoms with van der Waals surface area (Å²) in [6, 6.07) is 9.98. The monoisotopic (exact) mass is 325 g/mol. The molecule has 0 atom stereocenters. The van der Waals surface area contributed by atoms with Crippen LogP contribution in [-0.2, 0) is 4.79 Å². The van der Waals surface area contributed by atoms with Crippen molar-refractivity contribution < 1.29 is 4.79 Å². The molecule has 24 heavy (non-hydrogen) atoms. The third kappa shape index (κ3) is 4.08. The van der Waals surface area contributed by atoms with Gasteiger partial charge < -0.3 is 9.80 Å². The van der Waals surface area contributed by atoms with E-state index in [9.17, 15) is 10.1 Å². The maximum atomic E-state index is 12.5. The largest absolute Gasteiger partial charge is 0.367 e. The lowest BCUT2D eigenvalue weighted by molar-refractivity contribution is -0.131. The summed E-state index contributed by atoms with van der Waals surface area (Å²) in [6.07, 6.45) is 8.45. The normalized spacial score (nSPS) is 19.1. The van der Waals surface area contributed by atoms with Crippen LogP contribution in [0.25, 0.3) is 0 Å². The zero-order valence-corrected chi connectivity index (χ0v) is 14.4. The van der Waals surface area contributed by atoms with Crippen molar-refractivity contribution in [2.24, 2.45) is 5.92 Å². The van der Waals surface area contributed by atoms with Crippen molar-refractivity contribution in [3.05, 3.63) is 29.8 Å². The van der Waals surface area contributed by atoms with Crippen molar-refractivity contribution >= 4 is 11.6 Å². The first-order chi connectivity index (χ1) is 11.8. The van der Waals surface area contributed by atoms with Gasteiger partial charge in [-0.25, -0.2) is 0 Å². The number of carbonyl (C=O) groups is 1. The Balaban J connectivity index is 1.47. The maximum Gasteiger partial charge on any atom is 0.222 e. The first kappa shape index (κ1) is 16.8. The standard InChI is InChI=1S/C20H27N3O/c21-16-18-8-4-5-9-19(18)22-12-14-23(15-13-22)20(24)11-10-17-6-2-1-3-7-17/h4-5,8-9,17H,1-3,6-7,10-15H2. The van der Waals surface area contributed by atoms with Gasteiger partial charge in [0.05, 0.1) is 11.3 Å². The van der Waals surface area contributed by atoms with Crippen LogP contribution in [-0.4, -0.2) is 37.0 Å². The molecule has 128 valence electrons. The van der Waals surface area contributed by atoms with Crippen molar-refractivity contribution in [3.63, 3.8) is 0 Å². The summed E-state index contributed by atoms with van der Waals surface area (Å²) >= 11 is 0. The second-order valence-corrected chi connectivity index (χ2v) is 7.04. The highest BCUT2D eigenvalue weighted by Crippen LogP contribution is 2.28. The molecule has 1 saturated heterocycles. The van der Waals surface area contributed by atoms with E-state index >= 15 is 0 Å². The fraction of sp³-hybridized carbons (Fsp3) is 0.600. The zero-order chi connectivity index (χ0) is 16.8. The molecule has 0 aromatic heterocycles. The Bertz CT molecular complexity index is 593. The molecule has 1 amide bonds. The van der Waals surface area contributed by atoms with Gasteiger partial charge in [0.15, 0.2) is 0 Å². The molecule has 0 radical (unpaired) electrons. The molecule has 1 heterocycles. The van der Waals surface area contributed by atoms with E-state index in [-0.39, 0.29) is 0 Å². The fourth-order valence-electron chi connectivity index (χ4n) is 4.00. The van der Waals surface area contributed by atoms with Crippen molar-refractivity contribution in [3.8, 4) is 6.07 Å². The van der Waals surface area contributed by atoms with Gasteiger partial charge in [0.25, 0.3) is 0 Å². The van der Waals surface area contributed by atoms with Crippen LogP contribution in [0.15, 0.2) is 24.3 Å². The molecular weight excluding hydrogens is 298 g/mol. The number of anilines is 1. The van der Waals surface area contributed by atoms with Crippen LogP contribution < -0.4 is 4.90 Å². The first-order valence-electron chi connectivity index (χ1n) is 9.30. The molecule has 2 aliphatic rings. The van der Waals surface area contributed by atoms with Crippen LogP contribution in [0.5, 0.6) is 0 Å². The average Bonchev–Trinajstić information content (AvgIpc) is 2.67. The highest BCUT2D eigenvalue weighted by molar-refractivity contribution is 5.76. The molecule has 0 spiro atoms. The van der Waals surface area contributed by atoms with Gasteiger partial charge in [-0.15, -0.1) is 0 Å². The Hall–Kier alpha value is -2.02. The minimum Gasteiger partial charge on any atom is -0.367 e. The van der Waals surface area contributed by atoms with Gasteiger partial charge in [-0.2, -0.15) is 5.26 Å². The molecule has 0 N–H and O–H groups in total. The fourth-order valence-corrected chi connectivity index (χ4v) is 4.00. The summed E-state index contributed by atoms with van der Waals surface area (Å²) in [5.41, 5.74) is 1.71. The molecule has 1 aliphatic heterocycles. The van der Waals surface area contributed by atoms with Gasteiger partial charge >= 0.3 is 0 Å². The third-order valence-electron chi connectivity index (χ3n) is 5.49. The highest BCUT2D eigenvalue weighted by Gasteiger charge is 2.23. The van der Waals surface area contributed by atoms with E-state index in [2.05, 4.69) is 11.0 Å². The van der Waals surface area contributed by atoms with Crippen molar-refractivity contribution in [2.45, 2.75) is 44.9 Å². The van der Waals surface area contributed by atoms with Gasteiger partial charge in [-0.05, 0) is 24.5 Å². The Morgan fingerprint density at radius 2 is 1.79 bits per heavy atom. The van der Waals surface area contributed by atoms with Gasteiger partial charge in [-0.3, -0.25) is 4.79 Å². The number of hydrogen-bond acceptors (Lipinski definition) is 3. The Kier molecular flexibility index (Phi) is 5.74. The number of nitriles is 1. The van der Waals surface area contributed by atoms with E-state index in [1.54, 1.807) is 0 Å². The number of rotatable bonds is 4. The van der Waals surface area contributed by atoms with Crippen LogP contribution in [0, 0.1) is 17.2 Å². The van der Waals surface area contributed by atoms with E-state index < -0.39 is 0 Å². The topological polar surface area (TPSA) is 47.3 Å². The minimum atomic E-state index is 0.314. The molecule has 2 fully saturated rings. The van der Waals surface area contributed by atoms with Crippen molar-refractivity contribution in [1.82, 2.24) is 4.90 Å². The molecule has 0 bridgehead atoms. The molecule has 0 unspecified atom stereocenters. The molecule has 3 rings (SSSR count). The van der Waals surface area contributed by atoms with Gasteiger partial charge in [0.1, 0.15) is 6.07 Å². The summed E-state index contributed by atoms with van der Waals surface area (Å²) in [5.74, 6) is 1.08. The Morgan fingerprint density at radius 3 is 2.50 bits per heavy atom. The lowest BCUT2D eigenvalue weighted by Crippen LogP contribution is -2.49. The van der Waals surface area contributed by atoms with Crippen LogP contribution in [0.4, 0.5) is 5.69 Å². The summed E-state index contributed by atoms with van der Waals surface area (Å²) in [6.45, 7) is 3.16. The number of para-hydroxylation sites is 1. The number of nitrogens with zero attached hydrogens (tertiary/aromatic N) is 3. The second-order valence-electron chi connectivity index (χ2n) is 7.04. The first-order valence-corrected chi connectivity index (χ1v) is 9.30. The maximum absolute atomic E-state index is 12.5. The van der Waals surface area contributed by atoms with Crippen LogP contribution in [0.1, 0.15) is 50.5 Å². The summed E-state index contributed by atoms with van der Waals surface area (Å²) in [4.78, 5) is 16.7. The lowest BCUT2D eigenvalue weighted by atomic mass is 9.86. The molecule has 4 nitrogen and oxygen atoms in total. The van der Waals surface area contributed by atoms with Crippen molar-refractivity contribution in [2.75, 3.05) is 31.1 Å². The van der Waals surface area contributed by atoms with E-state index in [0.29, 0.717) is 12.3 Å². The third-order valence-corrected chi connectivity index (χ3v) is 5.49. The van der Waals surface area contributed by atoms with Crippen LogP contribution in [0.3, 0.4) is 0 Å². The molecule has 1 saturated carbocycles. The number of piperazine rings is 1. The van der Waals surface area contributed by atoms with E-state index in [1.807, 2.05) is 29.2 Å². The van der Waals surface area contributed by atoms with E-state index in [1.165, 1.54) is 32.1 Å². The predicted molar refractivity (Wildman–Crippen MR) is 95.8 cm³/mol.